The maximum Gasteiger partial charge on any atom is 0.326 e. The third kappa shape index (κ3) is 4.25. The van der Waals surface area contributed by atoms with E-state index in [0.29, 0.717) is 23.8 Å². The summed E-state index contributed by atoms with van der Waals surface area (Å²) < 4.78 is 0. The molecule has 0 radical (unpaired) electrons. The Bertz CT molecular complexity index is 631. The second kappa shape index (κ2) is 7.49. The van der Waals surface area contributed by atoms with Crippen molar-refractivity contribution in [1.29, 1.82) is 0 Å². The molecule has 6 nitrogen and oxygen atoms in total. The van der Waals surface area contributed by atoms with E-state index < -0.39 is 12.0 Å². The number of anilines is 1. The predicted octanol–water partition coefficient (Wildman–Crippen LogP) is 2.90. The number of rotatable bonds is 7. The number of nitrogens with one attached hydrogen (secondary N) is 1. The maximum atomic E-state index is 11.3. The molecule has 0 aromatic carbocycles. The first kappa shape index (κ1) is 15.9. The van der Waals surface area contributed by atoms with Gasteiger partial charge in [0.2, 0.25) is 0 Å². The monoisotopic (exact) mass is 300 g/mol. The van der Waals surface area contributed by atoms with E-state index in [0.717, 1.165) is 18.5 Å². The van der Waals surface area contributed by atoms with Crippen LogP contribution in [0.25, 0.3) is 11.5 Å². The number of carbonyl (C=O) groups is 1. The van der Waals surface area contributed by atoms with Crippen LogP contribution in [-0.2, 0) is 4.79 Å². The van der Waals surface area contributed by atoms with Crippen molar-refractivity contribution in [2.75, 3.05) is 5.32 Å². The minimum Gasteiger partial charge on any atom is -0.480 e. The number of unbranched alkanes of at least 4 members (excludes halogenated alkanes) is 1. The van der Waals surface area contributed by atoms with Gasteiger partial charge in [-0.1, -0.05) is 25.8 Å². The molecule has 0 fully saturated rings. The highest BCUT2D eigenvalue weighted by Crippen LogP contribution is 2.17. The third-order valence-electron chi connectivity index (χ3n) is 3.21. The number of hydrogen-bond donors (Lipinski definition) is 2. The highest BCUT2D eigenvalue weighted by atomic mass is 16.4. The minimum atomic E-state index is -0.871. The molecule has 2 N–H and O–H groups in total. The Hall–Kier alpha value is -2.50. The molecule has 0 amide bonds. The topological polar surface area (TPSA) is 88.0 Å². The number of aromatic nitrogens is 3. The summed E-state index contributed by atoms with van der Waals surface area (Å²) in [4.78, 5) is 24.3. The largest absolute Gasteiger partial charge is 0.480 e. The molecule has 2 rings (SSSR count). The molecular weight excluding hydrogens is 280 g/mol. The molecule has 1 atom stereocenters. The van der Waals surface area contributed by atoms with Crippen molar-refractivity contribution in [3.8, 4) is 11.5 Å². The quantitative estimate of drug-likeness (QED) is 0.817. The van der Waals surface area contributed by atoms with Crippen molar-refractivity contribution in [3.63, 3.8) is 0 Å². The first-order valence-corrected chi connectivity index (χ1v) is 7.36. The maximum absolute atomic E-state index is 11.3. The zero-order chi connectivity index (χ0) is 15.9. The Morgan fingerprint density at radius 2 is 2.18 bits per heavy atom. The Morgan fingerprint density at radius 1 is 1.36 bits per heavy atom. The van der Waals surface area contributed by atoms with Crippen LogP contribution in [-0.4, -0.2) is 32.1 Å². The summed E-state index contributed by atoms with van der Waals surface area (Å²) in [6.45, 7) is 3.88. The van der Waals surface area contributed by atoms with Crippen molar-refractivity contribution in [3.05, 3.63) is 36.2 Å². The van der Waals surface area contributed by atoms with Crippen molar-refractivity contribution < 1.29 is 9.90 Å². The van der Waals surface area contributed by atoms with Crippen molar-refractivity contribution in [2.45, 2.75) is 39.2 Å². The highest BCUT2D eigenvalue weighted by Gasteiger charge is 2.17. The molecule has 0 saturated heterocycles. The second-order valence-electron chi connectivity index (χ2n) is 5.11. The Morgan fingerprint density at radius 3 is 2.82 bits per heavy atom. The Kier molecular flexibility index (Phi) is 5.41. The van der Waals surface area contributed by atoms with Gasteiger partial charge in [0.15, 0.2) is 5.82 Å². The molecule has 22 heavy (non-hydrogen) atoms. The van der Waals surface area contributed by atoms with Crippen LogP contribution in [0.3, 0.4) is 0 Å². The number of pyridine rings is 1. The van der Waals surface area contributed by atoms with Crippen LogP contribution in [0.15, 0.2) is 30.5 Å². The third-order valence-corrected chi connectivity index (χ3v) is 3.21. The zero-order valence-electron chi connectivity index (χ0n) is 12.8. The average Bonchev–Trinajstić information content (AvgIpc) is 2.51. The standard InChI is InChI=1S/C16H20N4O2/c1-3-4-7-13(16(21)22)19-14-10-11(2)18-15(20-14)12-8-5-6-9-17-12/h5-6,8-10,13H,3-4,7H2,1-2H3,(H,21,22)(H,18,19,20). The van der Waals surface area contributed by atoms with E-state index in [1.54, 1.807) is 12.3 Å². The number of aliphatic carboxylic acids is 1. The molecule has 0 spiro atoms. The van der Waals surface area contributed by atoms with Gasteiger partial charge in [0.25, 0.3) is 0 Å². The fourth-order valence-corrected chi connectivity index (χ4v) is 2.10. The van der Waals surface area contributed by atoms with Crippen LogP contribution in [0, 0.1) is 6.92 Å². The number of aryl methyl sites for hydroxylation is 1. The summed E-state index contributed by atoms with van der Waals surface area (Å²) in [6, 6.07) is 6.61. The second-order valence-corrected chi connectivity index (χ2v) is 5.11. The molecule has 0 saturated carbocycles. The van der Waals surface area contributed by atoms with E-state index in [-0.39, 0.29) is 0 Å². The van der Waals surface area contributed by atoms with Crippen molar-refractivity contribution in [2.24, 2.45) is 0 Å². The lowest BCUT2D eigenvalue weighted by Crippen LogP contribution is -2.29. The number of hydrogen-bond acceptors (Lipinski definition) is 5. The van der Waals surface area contributed by atoms with Crippen LogP contribution >= 0.6 is 0 Å². The molecule has 1 unspecified atom stereocenters. The molecule has 2 heterocycles. The molecule has 116 valence electrons. The summed E-state index contributed by atoms with van der Waals surface area (Å²) >= 11 is 0. The van der Waals surface area contributed by atoms with E-state index in [2.05, 4.69) is 20.3 Å². The normalized spacial score (nSPS) is 11.9. The van der Waals surface area contributed by atoms with Gasteiger partial charge in [-0.15, -0.1) is 0 Å². The van der Waals surface area contributed by atoms with Crippen LogP contribution in [0.4, 0.5) is 5.82 Å². The number of carboxylic acid groups (broad SMARTS) is 1. The van der Waals surface area contributed by atoms with Gasteiger partial charge in [0.05, 0.1) is 0 Å². The average molecular weight is 300 g/mol. The van der Waals surface area contributed by atoms with Gasteiger partial charge >= 0.3 is 5.97 Å². The molecule has 2 aromatic heterocycles. The lowest BCUT2D eigenvalue weighted by molar-refractivity contribution is -0.138. The van der Waals surface area contributed by atoms with Crippen LogP contribution in [0.5, 0.6) is 0 Å². The lowest BCUT2D eigenvalue weighted by Gasteiger charge is -2.15. The van der Waals surface area contributed by atoms with Gasteiger partial charge in [-0.2, -0.15) is 0 Å². The van der Waals surface area contributed by atoms with E-state index in [9.17, 15) is 9.90 Å². The lowest BCUT2D eigenvalue weighted by atomic mass is 10.1. The van der Waals surface area contributed by atoms with Crippen LogP contribution < -0.4 is 5.32 Å². The van der Waals surface area contributed by atoms with Gasteiger partial charge in [0, 0.05) is 18.0 Å². The minimum absolute atomic E-state index is 0.489. The number of carboxylic acids is 1. The first-order chi connectivity index (χ1) is 10.6. The Balaban J connectivity index is 2.24. The fraction of sp³-hybridized carbons (Fsp3) is 0.375. The smallest absolute Gasteiger partial charge is 0.326 e. The summed E-state index contributed by atoms with van der Waals surface area (Å²) in [5.74, 6) is 0.128. The van der Waals surface area contributed by atoms with Gasteiger partial charge in [0.1, 0.15) is 17.6 Å². The summed E-state index contributed by atoms with van der Waals surface area (Å²) in [7, 11) is 0. The fourth-order valence-electron chi connectivity index (χ4n) is 2.10. The first-order valence-electron chi connectivity index (χ1n) is 7.36. The van der Waals surface area contributed by atoms with Crippen molar-refractivity contribution >= 4 is 11.8 Å². The van der Waals surface area contributed by atoms with E-state index in [4.69, 9.17) is 0 Å². The molecule has 0 aliphatic carbocycles. The predicted molar refractivity (Wildman–Crippen MR) is 84.6 cm³/mol. The number of nitrogens with zero attached hydrogens (tertiary/aromatic N) is 3. The van der Waals surface area contributed by atoms with E-state index in [1.165, 1.54) is 0 Å². The van der Waals surface area contributed by atoms with Gasteiger partial charge in [-0.3, -0.25) is 4.98 Å². The highest BCUT2D eigenvalue weighted by molar-refractivity contribution is 5.77. The molecule has 0 bridgehead atoms. The molecule has 0 aliphatic heterocycles. The van der Waals surface area contributed by atoms with E-state index >= 15 is 0 Å². The van der Waals surface area contributed by atoms with Gasteiger partial charge in [-0.05, 0) is 25.5 Å². The van der Waals surface area contributed by atoms with Crippen LogP contribution in [0.1, 0.15) is 31.9 Å². The summed E-state index contributed by atoms with van der Waals surface area (Å²) in [5, 5.41) is 12.3. The van der Waals surface area contributed by atoms with E-state index in [1.807, 2.05) is 32.0 Å². The van der Waals surface area contributed by atoms with Gasteiger partial charge < -0.3 is 10.4 Å². The molecule has 6 heteroatoms. The van der Waals surface area contributed by atoms with Gasteiger partial charge in [-0.25, -0.2) is 14.8 Å². The van der Waals surface area contributed by atoms with Crippen molar-refractivity contribution in [1.82, 2.24) is 15.0 Å². The molecule has 2 aromatic rings. The SMILES string of the molecule is CCCCC(Nc1cc(C)nc(-c2ccccn2)n1)C(=O)O. The molecular formula is C16H20N4O2. The molecule has 0 aliphatic rings. The Labute approximate surface area is 129 Å². The summed E-state index contributed by atoms with van der Waals surface area (Å²) in [5.41, 5.74) is 1.42. The zero-order valence-corrected chi connectivity index (χ0v) is 12.8. The summed E-state index contributed by atoms with van der Waals surface area (Å²) in [6.07, 6.45) is 4.04. The van der Waals surface area contributed by atoms with Crippen LogP contribution in [0.2, 0.25) is 0 Å².